The molecule has 0 saturated carbocycles. The van der Waals surface area contributed by atoms with Crippen molar-refractivity contribution in [2.24, 2.45) is 0 Å². The summed E-state index contributed by atoms with van der Waals surface area (Å²) >= 11 is 11.5. The summed E-state index contributed by atoms with van der Waals surface area (Å²) in [6, 6.07) is 4.88. The first kappa shape index (κ1) is 14.5. The first-order valence-electron chi connectivity index (χ1n) is 5.61. The van der Waals surface area contributed by atoms with E-state index in [0.717, 1.165) is 5.82 Å². The van der Waals surface area contributed by atoms with Gasteiger partial charge in [0.05, 0.1) is 17.4 Å². The topological polar surface area (TPSA) is 71.0 Å². The van der Waals surface area contributed by atoms with Crippen LogP contribution in [0.2, 0.25) is 10.3 Å². The van der Waals surface area contributed by atoms with Crippen LogP contribution in [0, 0.1) is 0 Å². The zero-order valence-electron chi connectivity index (χ0n) is 10.8. The minimum absolute atomic E-state index is 0.00947. The van der Waals surface area contributed by atoms with E-state index in [9.17, 15) is 4.79 Å². The Balaban J connectivity index is 2.17. The van der Waals surface area contributed by atoms with Gasteiger partial charge >= 0.3 is 0 Å². The molecule has 8 heteroatoms. The Labute approximate surface area is 125 Å². The predicted molar refractivity (Wildman–Crippen MR) is 78.6 cm³/mol. The molecule has 0 atom stereocenters. The van der Waals surface area contributed by atoms with Crippen molar-refractivity contribution in [2.45, 2.75) is 0 Å². The summed E-state index contributed by atoms with van der Waals surface area (Å²) in [7, 11) is 3.76. The van der Waals surface area contributed by atoms with Crippen molar-refractivity contribution < 1.29 is 4.79 Å². The van der Waals surface area contributed by atoms with Gasteiger partial charge in [0, 0.05) is 14.1 Å². The van der Waals surface area contributed by atoms with Crippen molar-refractivity contribution in [2.75, 3.05) is 24.3 Å². The fourth-order valence-electron chi connectivity index (χ4n) is 1.44. The second-order valence-electron chi connectivity index (χ2n) is 4.13. The molecule has 0 bridgehead atoms. The summed E-state index contributed by atoms with van der Waals surface area (Å²) in [4.78, 5) is 18.1. The molecule has 2 aromatic rings. The van der Waals surface area contributed by atoms with E-state index in [2.05, 4.69) is 20.5 Å². The number of carbonyl (C=O) groups excluding carboxylic acids is 1. The SMILES string of the molecule is CN(C)c1ccc(NC(=O)c2cc(Cl)nnc2Cl)cn1. The molecule has 0 aliphatic rings. The summed E-state index contributed by atoms with van der Waals surface area (Å²) in [5, 5.41) is 9.87. The number of rotatable bonds is 3. The molecule has 2 aromatic heterocycles. The van der Waals surface area contributed by atoms with Crippen LogP contribution in [-0.4, -0.2) is 35.2 Å². The third-order valence-electron chi connectivity index (χ3n) is 2.43. The molecule has 2 rings (SSSR count). The Kier molecular flexibility index (Phi) is 4.36. The van der Waals surface area contributed by atoms with E-state index in [1.807, 2.05) is 19.0 Å². The second-order valence-corrected chi connectivity index (χ2v) is 4.87. The number of halogens is 2. The number of aromatic nitrogens is 3. The fraction of sp³-hybridized carbons (Fsp3) is 0.167. The highest BCUT2D eigenvalue weighted by molar-refractivity contribution is 6.34. The van der Waals surface area contributed by atoms with Crippen molar-refractivity contribution in [1.82, 2.24) is 15.2 Å². The van der Waals surface area contributed by atoms with Crippen molar-refractivity contribution in [3.8, 4) is 0 Å². The lowest BCUT2D eigenvalue weighted by molar-refractivity contribution is 0.102. The van der Waals surface area contributed by atoms with Gasteiger partial charge in [-0.1, -0.05) is 23.2 Å². The van der Waals surface area contributed by atoms with Crippen LogP contribution in [0.15, 0.2) is 24.4 Å². The van der Waals surface area contributed by atoms with Gasteiger partial charge in [0.25, 0.3) is 5.91 Å². The minimum Gasteiger partial charge on any atom is -0.363 e. The van der Waals surface area contributed by atoms with Crippen LogP contribution in [-0.2, 0) is 0 Å². The van der Waals surface area contributed by atoms with E-state index in [-0.39, 0.29) is 15.9 Å². The second kappa shape index (κ2) is 6.02. The lowest BCUT2D eigenvalue weighted by Gasteiger charge is -2.11. The summed E-state index contributed by atoms with van der Waals surface area (Å²) in [6.45, 7) is 0. The summed E-state index contributed by atoms with van der Waals surface area (Å²) in [5.41, 5.74) is 0.702. The molecule has 0 saturated heterocycles. The third-order valence-corrected chi connectivity index (χ3v) is 2.89. The number of hydrogen-bond donors (Lipinski definition) is 1. The average Bonchev–Trinajstić information content (AvgIpc) is 2.42. The number of carbonyl (C=O) groups is 1. The fourth-order valence-corrected chi connectivity index (χ4v) is 1.76. The third kappa shape index (κ3) is 3.34. The van der Waals surface area contributed by atoms with Crippen LogP contribution in [0.4, 0.5) is 11.5 Å². The number of nitrogens with one attached hydrogen (secondary N) is 1. The number of hydrogen-bond acceptors (Lipinski definition) is 5. The van der Waals surface area contributed by atoms with E-state index in [1.54, 1.807) is 18.3 Å². The molecule has 0 aliphatic heterocycles. The van der Waals surface area contributed by atoms with Crippen molar-refractivity contribution in [3.05, 3.63) is 40.3 Å². The molecule has 20 heavy (non-hydrogen) atoms. The molecule has 1 N–H and O–H groups in total. The smallest absolute Gasteiger partial charge is 0.259 e. The minimum atomic E-state index is -0.425. The maximum atomic E-state index is 12.0. The highest BCUT2D eigenvalue weighted by Crippen LogP contribution is 2.18. The Morgan fingerprint density at radius 3 is 2.60 bits per heavy atom. The number of amides is 1. The van der Waals surface area contributed by atoms with Gasteiger partial charge in [-0.3, -0.25) is 4.79 Å². The standard InChI is InChI=1S/C12H11Cl2N5O/c1-19(2)10-4-3-7(6-15-10)16-12(20)8-5-9(13)17-18-11(8)14/h3-6H,1-2H3,(H,16,20). The van der Waals surface area contributed by atoms with Gasteiger partial charge in [0.1, 0.15) is 5.82 Å². The molecule has 1 amide bonds. The zero-order valence-corrected chi connectivity index (χ0v) is 12.3. The summed E-state index contributed by atoms with van der Waals surface area (Å²) in [5.74, 6) is 0.362. The molecule has 0 spiro atoms. The van der Waals surface area contributed by atoms with Crippen LogP contribution in [0.1, 0.15) is 10.4 Å². The van der Waals surface area contributed by atoms with Crippen LogP contribution in [0.3, 0.4) is 0 Å². The molecule has 0 unspecified atom stereocenters. The predicted octanol–water partition coefficient (Wildman–Crippen LogP) is 2.50. The van der Waals surface area contributed by atoms with Crippen LogP contribution in [0.25, 0.3) is 0 Å². The van der Waals surface area contributed by atoms with Gasteiger partial charge < -0.3 is 10.2 Å². The normalized spacial score (nSPS) is 10.2. The molecule has 104 valence electrons. The first-order valence-corrected chi connectivity index (χ1v) is 6.36. The number of anilines is 2. The van der Waals surface area contributed by atoms with Gasteiger partial charge in [-0.2, -0.15) is 0 Å². The molecule has 2 heterocycles. The van der Waals surface area contributed by atoms with E-state index in [1.165, 1.54) is 6.07 Å². The van der Waals surface area contributed by atoms with E-state index in [4.69, 9.17) is 23.2 Å². The monoisotopic (exact) mass is 311 g/mol. The molecule has 0 aromatic carbocycles. The maximum absolute atomic E-state index is 12.0. The Bertz CT molecular complexity index is 630. The Morgan fingerprint density at radius 1 is 1.25 bits per heavy atom. The molecule has 0 radical (unpaired) electrons. The van der Waals surface area contributed by atoms with Crippen molar-refractivity contribution >= 4 is 40.6 Å². The maximum Gasteiger partial charge on any atom is 0.259 e. The van der Waals surface area contributed by atoms with Gasteiger partial charge in [-0.25, -0.2) is 4.98 Å². The van der Waals surface area contributed by atoms with E-state index >= 15 is 0 Å². The molecule has 0 fully saturated rings. The van der Waals surface area contributed by atoms with Crippen LogP contribution in [0.5, 0.6) is 0 Å². The van der Waals surface area contributed by atoms with Crippen molar-refractivity contribution in [3.63, 3.8) is 0 Å². The number of pyridine rings is 1. The van der Waals surface area contributed by atoms with Gasteiger partial charge in [-0.15, -0.1) is 10.2 Å². The lowest BCUT2D eigenvalue weighted by Crippen LogP contribution is -2.14. The highest BCUT2D eigenvalue weighted by atomic mass is 35.5. The van der Waals surface area contributed by atoms with Crippen LogP contribution < -0.4 is 10.2 Å². The van der Waals surface area contributed by atoms with Gasteiger partial charge in [0.15, 0.2) is 10.3 Å². The number of nitrogens with zero attached hydrogens (tertiary/aromatic N) is 4. The lowest BCUT2D eigenvalue weighted by atomic mass is 10.3. The van der Waals surface area contributed by atoms with E-state index < -0.39 is 5.91 Å². The van der Waals surface area contributed by atoms with Crippen molar-refractivity contribution in [1.29, 1.82) is 0 Å². The molecule has 6 nitrogen and oxygen atoms in total. The first-order chi connectivity index (χ1) is 9.47. The molecule has 0 aliphatic carbocycles. The average molecular weight is 312 g/mol. The van der Waals surface area contributed by atoms with Gasteiger partial charge in [-0.05, 0) is 18.2 Å². The van der Waals surface area contributed by atoms with Gasteiger partial charge in [0.2, 0.25) is 0 Å². The highest BCUT2D eigenvalue weighted by Gasteiger charge is 2.13. The molecular weight excluding hydrogens is 301 g/mol. The van der Waals surface area contributed by atoms with E-state index in [0.29, 0.717) is 5.69 Å². The zero-order chi connectivity index (χ0) is 14.7. The quantitative estimate of drug-likeness (QED) is 0.943. The largest absolute Gasteiger partial charge is 0.363 e. The molecular formula is C12H11Cl2N5O. The Morgan fingerprint density at radius 2 is 2.00 bits per heavy atom. The Hall–Kier alpha value is -1.92. The summed E-state index contributed by atoms with van der Waals surface area (Å²) < 4.78 is 0. The van der Waals surface area contributed by atoms with Crippen LogP contribution >= 0.6 is 23.2 Å². The summed E-state index contributed by atoms with van der Waals surface area (Å²) in [6.07, 6.45) is 1.55.